The Morgan fingerprint density at radius 1 is 1.11 bits per heavy atom. The molecule has 0 radical (unpaired) electrons. The topological polar surface area (TPSA) is 85.4 Å². The van der Waals surface area contributed by atoms with Crippen LogP contribution in [-0.2, 0) is 10.0 Å². The van der Waals surface area contributed by atoms with Crippen LogP contribution in [0.2, 0.25) is 10.0 Å². The number of anilines is 1. The fourth-order valence-electron chi connectivity index (χ4n) is 2.59. The molecule has 6 nitrogen and oxygen atoms in total. The lowest BCUT2D eigenvalue weighted by atomic mass is 10.1. The number of Topliss-reactive ketones (excluding diaryl/α,β-unsaturated/α-hetero) is 1. The minimum absolute atomic E-state index is 0.259. The Labute approximate surface area is 172 Å². The lowest BCUT2D eigenvalue weighted by Crippen LogP contribution is -2.13. The van der Waals surface area contributed by atoms with Gasteiger partial charge < -0.3 is 4.74 Å². The number of fused-ring (bicyclic) bond motifs is 1. The number of benzene rings is 2. The van der Waals surface area contributed by atoms with E-state index < -0.39 is 10.0 Å². The van der Waals surface area contributed by atoms with Crippen LogP contribution in [-0.4, -0.2) is 32.0 Å². The molecule has 28 heavy (non-hydrogen) atoms. The molecular weight excluding hydrogens is 423 g/mol. The fourth-order valence-corrected chi connectivity index (χ4v) is 3.72. The molecule has 3 aromatic rings. The van der Waals surface area contributed by atoms with Gasteiger partial charge in [-0.25, -0.2) is 13.4 Å². The van der Waals surface area contributed by atoms with E-state index in [1.54, 1.807) is 6.07 Å². The number of nitrogens with zero attached hydrogens (tertiary/aromatic N) is 1. The van der Waals surface area contributed by atoms with Gasteiger partial charge in [0.15, 0.2) is 18.1 Å². The number of aromatic nitrogens is 1. The maximum absolute atomic E-state index is 12.4. The second kappa shape index (κ2) is 7.95. The SMILES string of the molecule is Cc1ccc2c(Cl)cc(Cl)c(OCC(=O)c3ccc(NS(C)(=O)=O)cc3)c2n1. The predicted molar refractivity (Wildman–Crippen MR) is 111 cm³/mol. The average molecular weight is 439 g/mol. The number of nitrogens with one attached hydrogen (secondary N) is 1. The van der Waals surface area contributed by atoms with E-state index in [1.165, 1.54) is 24.3 Å². The first-order valence-corrected chi connectivity index (χ1v) is 10.8. The molecule has 2 aromatic carbocycles. The van der Waals surface area contributed by atoms with Crippen molar-refractivity contribution in [1.82, 2.24) is 4.98 Å². The lowest BCUT2D eigenvalue weighted by molar-refractivity contribution is 0.0922. The van der Waals surface area contributed by atoms with Crippen molar-refractivity contribution >= 4 is 55.6 Å². The normalized spacial score (nSPS) is 11.4. The minimum Gasteiger partial charge on any atom is -0.482 e. The quantitative estimate of drug-likeness (QED) is 0.573. The van der Waals surface area contributed by atoms with Crippen molar-refractivity contribution < 1.29 is 17.9 Å². The van der Waals surface area contributed by atoms with E-state index in [1.807, 2.05) is 19.1 Å². The predicted octanol–water partition coefficient (Wildman–Crippen LogP) is 4.48. The maximum Gasteiger partial charge on any atom is 0.229 e. The van der Waals surface area contributed by atoms with Gasteiger partial charge in [0.2, 0.25) is 10.0 Å². The van der Waals surface area contributed by atoms with Crippen molar-refractivity contribution in [2.75, 3.05) is 17.6 Å². The van der Waals surface area contributed by atoms with Gasteiger partial charge in [0.1, 0.15) is 5.52 Å². The van der Waals surface area contributed by atoms with Crippen LogP contribution in [0.3, 0.4) is 0 Å². The molecule has 1 aromatic heterocycles. The van der Waals surface area contributed by atoms with E-state index in [0.29, 0.717) is 27.2 Å². The molecule has 1 N–H and O–H groups in total. The Morgan fingerprint density at radius 3 is 2.43 bits per heavy atom. The molecule has 0 fully saturated rings. The second-order valence-electron chi connectivity index (χ2n) is 6.18. The Kier molecular flexibility index (Phi) is 5.79. The summed E-state index contributed by atoms with van der Waals surface area (Å²) in [5, 5.41) is 1.38. The molecule has 0 saturated heterocycles. The molecule has 0 aliphatic rings. The number of pyridine rings is 1. The summed E-state index contributed by atoms with van der Waals surface area (Å²) in [4.78, 5) is 16.9. The fraction of sp³-hybridized carbons (Fsp3) is 0.158. The third-order valence-electron chi connectivity index (χ3n) is 3.83. The van der Waals surface area contributed by atoms with Crippen molar-refractivity contribution in [1.29, 1.82) is 0 Å². The van der Waals surface area contributed by atoms with Gasteiger partial charge in [-0.15, -0.1) is 0 Å². The van der Waals surface area contributed by atoms with Crippen LogP contribution in [0.5, 0.6) is 5.75 Å². The van der Waals surface area contributed by atoms with Crippen LogP contribution >= 0.6 is 23.2 Å². The van der Waals surface area contributed by atoms with Gasteiger partial charge in [-0.3, -0.25) is 9.52 Å². The van der Waals surface area contributed by atoms with E-state index in [2.05, 4.69) is 9.71 Å². The molecule has 0 unspecified atom stereocenters. The maximum atomic E-state index is 12.4. The number of hydrogen-bond acceptors (Lipinski definition) is 5. The van der Waals surface area contributed by atoms with Crippen molar-refractivity contribution in [3.05, 3.63) is 63.8 Å². The molecule has 0 aliphatic carbocycles. The van der Waals surface area contributed by atoms with Gasteiger partial charge in [0.25, 0.3) is 0 Å². The Hall–Kier alpha value is -2.35. The first-order valence-electron chi connectivity index (χ1n) is 8.13. The third-order valence-corrected chi connectivity index (χ3v) is 5.03. The number of ether oxygens (including phenoxy) is 1. The van der Waals surface area contributed by atoms with Gasteiger partial charge in [-0.05, 0) is 49.4 Å². The highest BCUT2D eigenvalue weighted by Crippen LogP contribution is 2.37. The molecule has 0 bridgehead atoms. The monoisotopic (exact) mass is 438 g/mol. The summed E-state index contributed by atoms with van der Waals surface area (Å²) in [5.74, 6) is -0.00814. The van der Waals surface area contributed by atoms with E-state index in [-0.39, 0.29) is 23.2 Å². The van der Waals surface area contributed by atoms with Crippen LogP contribution in [0.15, 0.2) is 42.5 Å². The highest BCUT2D eigenvalue weighted by Gasteiger charge is 2.15. The molecule has 0 atom stereocenters. The summed E-state index contributed by atoms with van der Waals surface area (Å²) >= 11 is 12.5. The molecule has 146 valence electrons. The molecule has 0 spiro atoms. The number of carbonyl (C=O) groups is 1. The summed E-state index contributed by atoms with van der Waals surface area (Å²) in [5.41, 5.74) is 1.98. The van der Waals surface area contributed by atoms with Crippen LogP contribution in [0.4, 0.5) is 5.69 Å². The minimum atomic E-state index is -3.38. The molecule has 0 amide bonds. The number of halogens is 2. The van der Waals surface area contributed by atoms with Gasteiger partial charge in [0, 0.05) is 22.3 Å². The summed E-state index contributed by atoms with van der Waals surface area (Å²) < 4.78 is 30.5. The van der Waals surface area contributed by atoms with Crippen molar-refractivity contribution in [3.8, 4) is 5.75 Å². The van der Waals surface area contributed by atoms with Crippen LogP contribution in [0.25, 0.3) is 10.9 Å². The number of ketones is 1. The van der Waals surface area contributed by atoms with Crippen molar-refractivity contribution in [3.63, 3.8) is 0 Å². The molecule has 0 saturated carbocycles. The van der Waals surface area contributed by atoms with Gasteiger partial charge in [0.05, 0.1) is 16.3 Å². The van der Waals surface area contributed by atoms with Gasteiger partial charge in [-0.1, -0.05) is 23.2 Å². The standard InChI is InChI=1S/C19H16Cl2N2O4S/c1-11-3-8-14-15(20)9-16(21)19(18(14)22-11)27-10-17(24)12-4-6-13(7-5-12)23-28(2,25)26/h3-9,23H,10H2,1-2H3. The summed E-state index contributed by atoms with van der Waals surface area (Å²) in [6, 6.07) is 11.2. The lowest BCUT2D eigenvalue weighted by Gasteiger charge is -2.12. The van der Waals surface area contributed by atoms with E-state index in [0.717, 1.165) is 11.9 Å². The first-order chi connectivity index (χ1) is 13.1. The Morgan fingerprint density at radius 2 is 1.79 bits per heavy atom. The van der Waals surface area contributed by atoms with Crippen LogP contribution in [0, 0.1) is 6.92 Å². The van der Waals surface area contributed by atoms with Crippen LogP contribution < -0.4 is 9.46 Å². The molecule has 3 rings (SSSR count). The Balaban J connectivity index is 1.81. The highest BCUT2D eigenvalue weighted by atomic mass is 35.5. The zero-order valence-corrected chi connectivity index (χ0v) is 17.3. The number of aryl methyl sites for hydroxylation is 1. The zero-order valence-electron chi connectivity index (χ0n) is 15.0. The average Bonchev–Trinajstić information content (AvgIpc) is 2.60. The zero-order chi connectivity index (χ0) is 20.5. The molecule has 9 heteroatoms. The van der Waals surface area contributed by atoms with E-state index in [9.17, 15) is 13.2 Å². The molecular formula is C19H16Cl2N2O4S. The summed E-state index contributed by atoms with van der Waals surface area (Å²) in [6.07, 6.45) is 1.05. The van der Waals surface area contributed by atoms with Crippen molar-refractivity contribution in [2.45, 2.75) is 6.92 Å². The number of sulfonamides is 1. The third kappa shape index (κ3) is 4.73. The smallest absolute Gasteiger partial charge is 0.229 e. The van der Waals surface area contributed by atoms with Crippen molar-refractivity contribution in [2.24, 2.45) is 0 Å². The summed E-state index contributed by atoms with van der Waals surface area (Å²) in [7, 11) is -3.38. The molecule has 0 aliphatic heterocycles. The van der Waals surface area contributed by atoms with E-state index in [4.69, 9.17) is 27.9 Å². The Bertz CT molecular complexity index is 1160. The number of rotatable bonds is 6. The number of hydrogen-bond donors (Lipinski definition) is 1. The summed E-state index contributed by atoms with van der Waals surface area (Å²) in [6.45, 7) is 1.57. The largest absolute Gasteiger partial charge is 0.482 e. The number of carbonyl (C=O) groups excluding carboxylic acids is 1. The highest BCUT2D eigenvalue weighted by molar-refractivity contribution is 7.92. The van der Waals surface area contributed by atoms with Gasteiger partial charge >= 0.3 is 0 Å². The van der Waals surface area contributed by atoms with E-state index >= 15 is 0 Å². The first kappa shape index (κ1) is 20.4. The van der Waals surface area contributed by atoms with Crippen LogP contribution in [0.1, 0.15) is 16.1 Å². The molecule has 1 heterocycles. The second-order valence-corrected chi connectivity index (χ2v) is 8.74. The van der Waals surface area contributed by atoms with Gasteiger partial charge in [-0.2, -0.15) is 0 Å².